The first kappa shape index (κ1) is 13.9. The number of amides is 1. The summed E-state index contributed by atoms with van der Waals surface area (Å²) in [7, 11) is 3.06. The fraction of sp³-hybridized carbons (Fsp3) is 0.308. The highest BCUT2D eigenvalue weighted by atomic mass is 16.5. The Hall–Kier alpha value is -2.19. The second-order valence-electron chi connectivity index (χ2n) is 3.61. The summed E-state index contributed by atoms with van der Waals surface area (Å²) in [5.41, 5.74) is 6.14. The Morgan fingerprint density at radius 3 is 2.39 bits per heavy atom. The van der Waals surface area contributed by atoms with E-state index in [1.54, 1.807) is 18.2 Å². The van der Waals surface area contributed by atoms with Crippen molar-refractivity contribution in [2.45, 2.75) is 12.5 Å². The summed E-state index contributed by atoms with van der Waals surface area (Å²) >= 11 is 0. The van der Waals surface area contributed by atoms with Crippen molar-refractivity contribution in [1.82, 2.24) is 0 Å². The van der Waals surface area contributed by atoms with Gasteiger partial charge in [-0.25, -0.2) is 0 Å². The molecule has 0 spiro atoms. The Morgan fingerprint density at radius 2 is 1.94 bits per heavy atom. The van der Waals surface area contributed by atoms with Crippen molar-refractivity contribution in [3.63, 3.8) is 0 Å². The topological polar surface area (TPSA) is 73.6 Å². The van der Waals surface area contributed by atoms with Crippen LogP contribution in [0.2, 0.25) is 0 Å². The van der Waals surface area contributed by atoms with Crippen LogP contribution in [0.5, 0.6) is 11.5 Å². The Morgan fingerprint density at radius 1 is 1.39 bits per heavy atom. The molecule has 0 heterocycles. The average molecular weight is 248 g/mol. The minimum atomic E-state index is -0.729. The van der Waals surface area contributed by atoms with Crippen LogP contribution < -0.4 is 20.5 Å². The number of ether oxygens (including phenoxy) is 2. The van der Waals surface area contributed by atoms with Crippen LogP contribution in [0.1, 0.15) is 6.42 Å². The number of hydrogen-bond donors (Lipinski definition) is 2. The van der Waals surface area contributed by atoms with Gasteiger partial charge in [0.2, 0.25) is 5.91 Å². The molecule has 0 aliphatic heterocycles. The van der Waals surface area contributed by atoms with Crippen LogP contribution >= 0.6 is 0 Å². The molecule has 3 N–H and O–H groups in total. The quantitative estimate of drug-likeness (QED) is 0.762. The predicted molar refractivity (Wildman–Crippen MR) is 69.6 cm³/mol. The molecule has 0 bridgehead atoms. The maximum absolute atomic E-state index is 11.7. The molecule has 5 heteroatoms. The summed E-state index contributed by atoms with van der Waals surface area (Å²) < 4.78 is 10.2. The zero-order valence-corrected chi connectivity index (χ0v) is 10.4. The van der Waals surface area contributed by atoms with Crippen LogP contribution in [0.15, 0.2) is 18.2 Å². The van der Waals surface area contributed by atoms with E-state index < -0.39 is 6.04 Å². The number of rotatable bonds is 5. The number of terminal acetylenes is 1. The molecule has 1 atom stereocenters. The van der Waals surface area contributed by atoms with Crippen molar-refractivity contribution in [3.8, 4) is 23.8 Å². The van der Waals surface area contributed by atoms with Gasteiger partial charge in [0.25, 0.3) is 0 Å². The lowest BCUT2D eigenvalue weighted by Crippen LogP contribution is -2.35. The normalized spacial score (nSPS) is 11.2. The Balaban J connectivity index is 2.84. The molecule has 0 radical (unpaired) electrons. The highest BCUT2D eigenvalue weighted by Gasteiger charge is 2.13. The van der Waals surface area contributed by atoms with E-state index in [1.807, 2.05) is 0 Å². The number of anilines is 1. The zero-order valence-electron chi connectivity index (χ0n) is 10.4. The molecular formula is C13H16N2O3. The van der Waals surface area contributed by atoms with Gasteiger partial charge in [0.15, 0.2) is 0 Å². The molecule has 0 aromatic heterocycles. The summed E-state index contributed by atoms with van der Waals surface area (Å²) in [6.07, 6.45) is 5.29. The van der Waals surface area contributed by atoms with Crippen molar-refractivity contribution >= 4 is 11.6 Å². The van der Waals surface area contributed by atoms with Gasteiger partial charge in [0.1, 0.15) is 11.5 Å². The second-order valence-corrected chi connectivity index (χ2v) is 3.61. The SMILES string of the molecule is C#CCC(N)C(=O)Nc1cc(OC)cc(OC)c1. The minimum absolute atomic E-state index is 0.187. The average Bonchev–Trinajstić information content (AvgIpc) is 2.38. The number of carbonyl (C=O) groups excluding carboxylic acids is 1. The smallest absolute Gasteiger partial charge is 0.242 e. The molecule has 1 unspecified atom stereocenters. The van der Waals surface area contributed by atoms with Crippen LogP contribution in [-0.4, -0.2) is 26.2 Å². The molecule has 0 saturated carbocycles. The monoisotopic (exact) mass is 248 g/mol. The lowest BCUT2D eigenvalue weighted by Gasteiger charge is -2.12. The Bertz CT molecular complexity index is 444. The molecular weight excluding hydrogens is 232 g/mol. The predicted octanol–water partition coefficient (Wildman–Crippen LogP) is 0.993. The van der Waals surface area contributed by atoms with Gasteiger partial charge in [0.05, 0.1) is 20.3 Å². The second kappa shape index (κ2) is 6.52. The van der Waals surface area contributed by atoms with E-state index in [0.29, 0.717) is 17.2 Å². The highest BCUT2D eigenvalue weighted by molar-refractivity contribution is 5.95. The van der Waals surface area contributed by atoms with Crippen LogP contribution in [0.3, 0.4) is 0 Å². The third-order valence-electron chi connectivity index (χ3n) is 2.29. The van der Waals surface area contributed by atoms with E-state index in [9.17, 15) is 4.79 Å². The molecule has 0 aliphatic rings. The van der Waals surface area contributed by atoms with Crippen molar-refractivity contribution in [3.05, 3.63) is 18.2 Å². The fourth-order valence-electron chi connectivity index (χ4n) is 1.33. The van der Waals surface area contributed by atoms with Crippen LogP contribution in [-0.2, 0) is 4.79 Å². The number of benzene rings is 1. The molecule has 18 heavy (non-hydrogen) atoms. The molecule has 0 saturated heterocycles. The van der Waals surface area contributed by atoms with E-state index in [0.717, 1.165) is 0 Å². The molecule has 0 fully saturated rings. The minimum Gasteiger partial charge on any atom is -0.497 e. The third-order valence-corrected chi connectivity index (χ3v) is 2.29. The zero-order chi connectivity index (χ0) is 13.5. The Labute approximate surface area is 106 Å². The van der Waals surface area contributed by atoms with Gasteiger partial charge < -0.3 is 20.5 Å². The summed E-state index contributed by atoms with van der Waals surface area (Å²) in [5, 5.41) is 2.66. The molecule has 96 valence electrons. The van der Waals surface area contributed by atoms with Crippen LogP contribution in [0.4, 0.5) is 5.69 Å². The standard InChI is InChI=1S/C13H16N2O3/c1-4-5-12(14)13(16)15-9-6-10(17-2)8-11(7-9)18-3/h1,6-8,12H,5,14H2,2-3H3,(H,15,16). The molecule has 1 aromatic carbocycles. The van der Waals surface area contributed by atoms with Gasteiger partial charge in [-0.1, -0.05) is 0 Å². The van der Waals surface area contributed by atoms with Crippen molar-refractivity contribution < 1.29 is 14.3 Å². The lowest BCUT2D eigenvalue weighted by atomic mass is 10.2. The molecule has 1 amide bonds. The summed E-state index contributed by atoms with van der Waals surface area (Å²) in [6, 6.07) is 4.32. The Kier molecular flexibility index (Phi) is 5.03. The number of carbonyl (C=O) groups is 1. The van der Waals surface area contributed by atoms with E-state index in [2.05, 4.69) is 11.2 Å². The van der Waals surface area contributed by atoms with Gasteiger partial charge in [-0.3, -0.25) is 4.79 Å². The fourth-order valence-corrected chi connectivity index (χ4v) is 1.33. The first-order valence-electron chi connectivity index (χ1n) is 5.33. The maximum Gasteiger partial charge on any atom is 0.242 e. The number of nitrogens with one attached hydrogen (secondary N) is 1. The number of nitrogens with two attached hydrogens (primary N) is 1. The van der Waals surface area contributed by atoms with E-state index >= 15 is 0 Å². The van der Waals surface area contributed by atoms with E-state index in [1.165, 1.54) is 14.2 Å². The highest BCUT2D eigenvalue weighted by Crippen LogP contribution is 2.25. The van der Waals surface area contributed by atoms with Crippen molar-refractivity contribution in [1.29, 1.82) is 0 Å². The first-order chi connectivity index (χ1) is 8.60. The van der Waals surface area contributed by atoms with Gasteiger partial charge in [-0.05, 0) is 0 Å². The van der Waals surface area contributed by atoms with Gasteiger partial charge in [-0.15, -0.1) is 12.3 Å². The largest absolute Gasteiger partial charge is 0.497 e. The van der Waals surface area contributed by atoms with Gasteiger partial charge in [0, 0.05) is 30.3 Å². The van der Waals surface area contributed by atoms with E-state index in [4.69, 9.17) is 21.6 Å². The third kappa shape index (κ3) is 3.68. The molecule has 0 aliphatic carbocycles. The van der Waals surface area contributed by atoms with Crippen molar-refractivity contribution in [2.24, 2.45) is 5.73 Å². The summed E-state index contributed by atoms with van der Waals surface area (Å²) in [5.74, 6) is 3.16. The first-order valence-corrected chi connectivity index (χ1v) is 5.33. The van der Waals surface area contributed by atoms with Gasteiger partial charge >= 0.3 is 0 Å². The van der Waals surface area contributed by atoms with Crippen LogP contribution in [0.25, 0.3) is 0 Å². The lowest BCUT2D eigenvalue weighted by molar-refractivity contribution is -0.117. The molecule has 5 nitrogen and oxygen atoms in total. The number of hydrogen-bond acceptors (Lipinski definition) is 4. The molecule has 1 aromatic rings. The maximum atomic E-state index is 11.7. The van der Waals surface area contributed by atoms with Crippen molar-refractivity contribution in [2.75, 3.05) is 19.5 Å². The van der Waals surface area contributed by atoms with E-state index in [-0.39, 0.29) is 12.3 Å². The van der Waals surface area contributed by atoms with Crippen LogP contribution in [0, 0.1) is 12.3 Å². The summed E-state index contributed by atoms with van der Waals surface area (Å²) in [6.45, 7) is 0. The number of methoxy groups -OCH3 is 2. The molecule has 1 rings (SSSR count). The summed E-state index contributed by atoms with van der Waals surface area (Å²) in [4.78, 5) is 11.7. The van der Waals surface area contributed by atoms with Gasteiger partial charge in [-0.2, -0.15) is 0 Å².